The van der Waals surface area contributed by atoms with Crippen molar-refractivity contribution in [2.24, 2.45) is 0 Å². The van der Waals surface area contributed by atoms with Crippen LogP contribution < -0.4 is 9.47 Å². The number of aliphatic carboxylic acids is 1. The van der Waals surface area contributed by atoms with Gasteiger partial charge in [0.05, 0.1) is 6.54 Å². The third kappa shape index (κ3) is 11.0. The molecule has 0 aliphatic rings. The Bertz CT molecular complexity index is 1140. The van der Waals surface area contributed by atoms with Crippen molar-refractivity contribution in [3.63, 3.8) is 0 Å². The summed E-state index contributed by atoms with van der Waals surface area (Å²) in [5.41, 5.74) is 3.23. The number of carbonyl (C=O) groups is 2. The highest BCUT2D eigenvalue weighted by molar-refractivity contribution is 7.98. The molecule has 0 heterocycles. The van der Waals surface area contributed by atoms with Crippen molar-refractivity contribution in [3.8, 4) is 11.5 Å². The Hall–Kier alpha value is -3.49. The van der Waals surface area contributed by atoms with Crippen LogP contribution in [0.2, 0.25) is 0 Å². The summed E-state index contributed by atoms with van der Waals surface area (Å²) in [6, 6.07) is 25.0. The van der Waals surface area contributed by atoms with Gasteiger partial charge in [0.15, 0.2) is 6.10 Å². The zero-order valence-electron chi connectivity index (χ0n) is 22.6. The molecule has 0 aromatic heterocycles. The lowest BCUT2D eigenvalue weighted by Gasteiger charge is -2.22. The smallest absolute Gasteiger partial charge is 0.415 e. The zero-order valence-corrected chi connectivity index (χ0v) is 23.4. The molecular weight excluding hydrogens is 514 g/mol. The van der Waals surface area contributed by atoms with Gasteiger partial charge in [0, 0.05) is 25.3 Å². The summed E-state index contributed by atoms with van der Waals surface area (Å²) in [5, 5.41) is 9.29. The molecule has 0 bridgehead atoms. The van der Waals surface area contributed by atoms with E-state index in [2.05, 4.69) is 12.1 Å². The van der Waals surface area contributed by atoms with E-state index in [-0.39, 0.29) is 6.42 Å². The van der Waals surface area contributed by atoms with E-state index in [4.69, 9.17) is 14.2 Å². The number of rotatable bonds is 16. The number of benzene rings is 3. The summed E-state index contributed by atoms with van der Waals surface area (Å²) in [5.74, 6) is 2.04. The van der Waals surface area contributed by atoms with Crippen molar-refractivity contribution in [1.82, 2.24) is 4.90 Å². The van der Waals surface area contributed by atoms with Crippen LogP contribution in [0.25, 0.3) is 0 Å². The third-order valence-corrected chi connectivity index (χ3v) is 7.05. The maximum Gasteiger partial charge on any atom is 0.415 e. The summed E-state index contributed by atoms with van der Waals surface area (Å²) in [6.07, 6.45) is -0.161. The first-order valence-electron chi connectivity index (χ1n) is 13.2. The normalized spacial score (nSPS) is 11.5. The fourth-order valence-corrected chi connectivity index (χ4v) is 4.72. The minimum atomic E-state index is -0.978. The molecule has 3 aromatic rings. The average Bonchev–Trinajstić information content (AvgIpc) is 2.94. The summed E-state index contributed by atoms with van der Waals surface area (Å²) in [6.45, 7) is 5.33. The van der Waals surface area contributed by atoms with E-state index in [1.54, 1.807) is 36.1 Å². The first-order chi connectivity index (χ1) is 18.9. The SMILES string of the molecule is CCOC(Cc1ccc(OCCN(CCCSCc2ccccc2)C(=O)Oc2ccc(C)cc2)cc1)C(=O)O. The maximum atomic E-state index is 13.0. The molecule has 3 rings (SSSR count). The van der Waals surface area contributed by atoms with Crippen molar-refractivity contribution in [3.05, 3.63) is 95.6 Å². The highest BCUT2D eigenvalue weighted by atomic mass is 32.2. The molecule has 0 aliphatic heterocycles. The number of aryl methyl sites for hydroxylation is 1. The van der Waals surface area contributed by atoms with Crippen LogP contribution in [0.1, 0.15) is 30.0 Å². The van der Waals surface area contributed by atoms with E-state index in [9.17, 15) is 14.7 Å². The van der Waals surface area contributed by atoms with Gasteiger partial charge >= 0.3 is 12.1 Å². The second-order valence-electron chi connectivity index (χ2n) is 9.04. The van der Waals surface area contributed by atoms with Crippen LogP contribution in [0.3, 0.4) is 0 Å². The highest BCUT2D eigenvalue weighted by Gasteiger charge is 2.18. The van der Waals surface area contributed by atoms with Crippen LogP contribution in [-0.2, 0) is 21.7 Å². The third-order valence-electron chi connectivity index (χ3n) is 5.93. The van der Waals surface area contributed by atoms with Crippen molar-refractivity contribution < 1.29 is 28.9 Å². The Morgan fingerprint density at radius 2 is 1.59 bits per heavy atom. The molecule has 7 nitrogen and oxygen atoms in total. The fourth-order valence-electron chi connectivity index (χ4n) is 3.82. The van der Waals surface area contributed by atoms with E-state index in [1.165, 1.54) is 5.56 Å². The van der Waals surface area contributed by atoms with E-state index < -0.39 is 18.2 Å². The minimum Gasteiger partial charge on any atom is -0.492 e. The molecule has 8 heteroatoms. The second-order valence-corrected chi connectivity index (χ2v) is 10.1. The fraction of sp³-hybridized carbons (Fsp3) is 0.355. The number of ether oxygens (including phenoxy) is 3. The number of nitrogens with zero attached hydrogens (tertiary/aromatic N) is 1. The molecule has 0 fully saturated rings. The Morgan fingerprint density at radius 3 is 2.26 bits per heavy atom. The molecular formula is C31H37NO6S. The van der Waals surface area contributed by atoms with Gasteiger partial charge in [0.1, 0.15) is 18.1 Å². The molecule has 1 amide bonds. The summed E-state index contributed by atoms with van der Waals surface area (Å²) < 4.78 is 16.8. The van der Waals surface area contributed by atoms with Crippen molar-refractivity contribution in [2.75, 3.05) is 32.1 Å². The molecule has 0 radical (unpaired) electrons. The predicted octanol–water partition coefficient (Wildman–Crippen LogP) is 6.23. The van der Waals surface area contributed by atoms with E-state index >= 15 is 0 Å². The Kier molecular flexibility index (Phi) is 12.7. The first kappa shape index (κ1) is 30.1. The molecule has 0 spiro atoms. The summed E-state index contributed by atoms with van der Waals surface area (Å²) in [7, 11) is 0. The number of thioether (sulfide) groups is 1. The lowest BCUT2D eigenvalue weighted by atomic mass is 10.1. The van der Waals surface area contributed by atoms with Gasteiger partial charge in [0.25, 0.3) is 0 Å². The van der Waals surface area contributed by atoms with Gasteiger partial charge in [-0.25, -0.2) is 9.59 Å². The second kappa shape index (κ2) is 16.5. The lowest BCUT2D eigenvalue weighted by Crippen LogP contribution is -2.37. The number of hydrogen-bond donors (Lipinski definition) is 1. The largest absolute Gasteiger partial charge is 0.492 e. The predicted molar refractivity (Wildman–Crippen MR) is 155 cm³/mol. The van der Waals surface area contributed by atoms with Crippen molar-refractivity contribution >= 4 is 23.8 Å². The lowest BCUT2D eigenvalue weighted by molar-refractivity contribution is -0.149. The first-order valence-corrected chi connectivity index (χ1v) is 14.3. The monoisotopic (exact) mass is 551 g/mol. The molecule has 1 atom stereocenters. The topological polar surface area (TPSA) is 85.3 Å². The maximum absolute atomic E-state index is 13.0. The van der Waals surface area contributed by atoms with Gasteiger partial charge in [-0.2, -0.15) is 11.8 Å². The molecule has 0 aliphatic carbocycles. The Morgan fingerprint density at radius 1 is 0.897 bits per heavy atom. The molecule has 3 aromatic carbocycles. The van der Waals surface area contributed by atoms with Gasteiger partial charge < -0.3 is 24.2 Å². The van der Waals surface area contributed by atoms with Gasteiger partial charge in [-0.3, -0.25) is 0 Å². The van der Waals surface area contributed by atoms with Crippen LogP contribution in [-0.4, -0.2) is 60.2 Å². The quantitative estimate of drug-likeness (QED) is 0.211. The minimum absolute atomic E-state index is 0.282. The highest BCUT2D eigenvalue weighted by Crippen LogP contribution is 2.17. The summed E-state index contributed by atoms with van der Waals surface area (Å²) in [4.78, 5) is 26.0. The van der Waals surface area contributed by atoms with E-state index in [0.29, 0.717) is 37.8 Å². The number of carboxylic acid groups (broad SMARTS) is 1. The molecule has 1 unspecified atom stereocenters. The van der Waals surface area contributed by atoms with Crippen molar-refractivity contribution in [1.29, 1.82) is 0 Å². The molecule has 208 valence electrons. The molecule has 39 heavy (non-hydrogen) atoms. The van der Waals surface area contributed by atoms with Crippen LogP contribution in [0.5, 0.6) is 11.5 Å². The van der Waals surface area contributed by atoms with Crippen LogP contribution in [0, 0.1) is 6.92 Å². The molecule has 0 saturated heterocycles. The van der Waals surface area contributed by atoms with Crippen molar-refractivity contribution in [2.45, 2.75) is 38.5 Å². The number of amides is 1. The summed E-state index contributed by atoms with van der Waals surface area (Å²) >= 11 is 1.84. The van der Waals surface area contributed by atoms with Gasteiger partial charge in [-0.05, 0) is 61.4 Å². The molecule has 0 saturated carbocycles. The van der Waals surface area contributed by atoms with Crippen LogP contribution >= 0.6 is 11.8 Å². The molecule has 1 N–H and O–H groups in total. The zero-order chi connectivity index (χ0) is 27.9. The van der Waals surface area contributed by atoms with Gasteiger partial charge in [-0.1, -0.05) is 60.2 Å². The van der Waals surface area contributed by atoms with Gasteiger partial charge in [0.2, 0.25) is 0 Å². The number of carboxylic acids is 1. The number of hydrogen-bond acceptors (Lipinski definition) is 6. The van der Waals surface area contributed by atoms with E-state index in [0.717, 1.165) is 29.1 Å². The Balaban J connectivity index is 1.50. The Labute approximate surface area is 235 Å². The van der Waals surface area contributed by atoms with E-state index in [1.807, 2.05) is 61.2 Å². The van der Waals surface area contributed by atoms with Gasteiger partial charge in [-0.15, -0.1) is 0 Å². The van der Waals surface area contributed by atoms with Crippen LogP contribution in [0.15, 0.2) is 78.9 Å². The number of carbonyl (C=O) groups excluding carboxylic acids is 1. The average molecular weight is 552 g/mol. The van der Waals surface area contributed by atoms with Crippen LogP contribution in [0.4, 0.5) is 4.79 Å². The standard InChI is InChI=1S/C31H37NO6S/c1-3-36-29(30(33)34)22-25-12-16-27(17-13-25)37-20-19-32(31(35)38-28-14-10-24(2)11-15-28)18-7-21-39-23-26-8-5-4-6-9-26/h4-6,8-17,29H,3,7,18-23H2,1-2H3,(H,33,34).